The lowest BCUT2D eigenvalue weighted by molar-refractivity contribution is 0.354. The number of allylic oxidation sites excluding steroid dienone is 1. The van der Waals surface area contributed by atoms with E-state index in [-0.39, 0.29) is 0 Å². The van der Waals surface area contributed by atoms with Crippen molar-refractivity contribution in [2.24, 2.45) is 0 Å². The van der Waals surface area contributed by atoms with Crippen molar-refractivity contribution in [3.05, 3.63) is 63.4 Å². The highest BCUT2D eigenvalue weighted by atomic mass is 35.5. The van der Waals surface area contributed by atoms with Gasteiger partial charge in [0.15, 0.2) is 11.5 Å². The monoisotopic (exact) mass is 382 g/mol. The standard InChI is InChI=1S/C20H15ClN2O2S/c1-24-18-5-3-4-14(19(18)25-2)10-15(11-22)20-23-17(12-26-20)13-6-8-16(21)9-7-13/h3-10,12H,1-2H3/b15-10+. The lowest BCUT2D eigenvalue weighted by Crippen LogP contribution is -1.93. The molecule has 2 aromatic carbocycles. The van der Waals surface area contributed by atoms with Gasteiger partial charge < -0.3 is 9.47 Å². The molecule has 130 valence electrons. The molecule has 0 spiro atoms. The van der Waals surface area contributed by atoms with Gasteiger partial charge >= 0.3 is 0 Å². The zero-order valence-corrected chi connectivity index (χ0v) is 15.8. The third-order valence-electron chi connectivity index (χ3n) is 3.73. The summed E-state index contributed by atoms with van der Waals surface area (Å²) in [6, 6.07) is 15.2. The fraction of sp³-hybridized carbons (Fsp3) is 0.100. The summed E-state index contributed by atoms with van der Waals surface area (Å²) >= 11 is 7.35. The van der Waals surface area contributed by atoms with Gasteiger partial charge in [-0.3, -0.25) is 0 Å². The van der Waals surface area contributed by atoms with Crippen LogP contribution in [0.5, 0.6) is 11.5 Å². The first-order valence-corrected chi connectivity index (χ1v) is 8.96. The highest BCUT2D eigenvalue weighted by molar-refractivity contribution is 7.11. The number of rotatable bonds is 5. The SMILES string of the molecule is COc1cccc(/C=C(\C#N)c2nc(-c3ccc(Cl)cc3)cs2)c1OC. The van der Waals surface area contributed by atoms with E-state index in [1.54, 1.807) is 20.3 Å². The topological polar surface area (TPSA) is 55.1 Å². The van der Waals surface area contributed by atoms with Crippen molar-refractivity contribution in [1.29, 1.82) is 5.26 Å². The maximum absolute atomic E-state index is 9.61. The second-order valence-electron chi connectivity index (χ2n) is 5.30. The van der Waals surface area contributed by atoms with Gasteiger partial charge in [0.25, 0.3) is 0 Å². The summed E-state index contributed by atoms with van der Waals surface area (Å²) in [6.45, 7) is 0. The van der Waals surface area contributed by atoms with Crippen molar-refractivity contribution < 1.29 is 9.47 Å². The Morgan fingerprint density at radius 1 is 1.15 bits per heavy atom. The van der Waals surface area contributed by atoms with Gasteiger partial charge in [0, 0.05) is 21.5 Å². The largest absolute Gasteiger partial charge is 0.493 e. The Balaban J connectivity index is 1.99. The number of ether oxygens (including phenoxy) is 2. The molecule has 3 aromatic rings. The number of benzene rings is 2. The average Bonchev–Trinajstić information content (AvgIpc) is 3.16. The van der Waals surface area contributed by atoms with Crippen LogP contribution in [0.2, 0.25) is 5.02 Å². The Labute approximate surface area is 160 Å². The molecule has 3 rings (SSSR count). The van der Waals surface area contributed by atoms with Gasteiger partial charge in [-0.05, 0) is 24.3 Å². The number of methoxy groups -OCH3 is 2. The minimum Gasteiger partial charge on any atom is -0.493 e. The van der Waals surface area contributed by atoms with Crippen LogP contribution < -0.4 is 9.47 Å². The molecule has 0 N–H and O–H groups in total. The summed E-state index contributed by atoms with van der Waals surface area (Å²) < 4.78 is 10.7. The number of hydrogen-bond donors (Lipinski definition) is 0. The quantitative estimate of drug-likeness (QED) is 0.543. The van der Waals surface area contributed by atoms with E-state index in [0.717, 1.165) is 16.8 Å². The first-order chi connectivity index (χ1) is 12.7. The van der Waals surface area contributed by atoms with Crippen LogP contribution in [-0.2, 0) is 0 Å². The lowest BCUT2D eigenvalue weighted by atomic mass is 10.1. The van der Waals surface area contributed by atoms with Crippen LogP contribution in [0.1, 0.15) is 10.6 Å². The summed E-state index contributed by atoms with van der Waals surface area (Å²) in [4.78, 5) is 4.59. The van der Waals surface area contributed by atoms with E-state index in [4.69, 9.17) is 21.1 Å². The van der Waals surface area contributed by atoms with Crippen molar-refractivity contribution in [2.75, 3.05) is 14.2 Å². The minimum absolute atomic E-state index is 0.460. The first kappa shape index (κ1) is 18.0. The summed E-state index contributed by atoms with van der Waals surface area (Å²) in [6.07, 6.45) is 1.76. The second kappa shape index (κ2) is 8.05. The summed E-state index contributed by atoms with van der Waals surface area (Å²) in [5, 5.41) is 12.8. The Bertz CT molecular complexity index is 988. The number of nitriles is 1. The van der Waals surface area contributed by atoms with Crippen molar-refractivity contribution in [2.45, 2.75) is 0 Å². The van der Waals surface area contributed by atoms with Crippen molar-refractivity contribution in [3.8, 4) is 28.8 Å². The molecule has 0 aliphatic carbocycles. The Kier molecular flexibility index (Phi) is 5.57. The molecule has 6 heteroatoms. The van der Waals surface area contributed by atoms with Crippen molar-refractivity contribution >= 4 is 34.6 Å². The molecule has 1 heterocycles. The normalized spacial score (nSPS) is 11.1. The third kappa shape index (κ3) is 3.72. The summed E-state index contributed by atoms with van der Waals surface area (Å²) in [5.41, 5.74) is 2.97. The molecule has 0 aliphatic rings. The van der Waals surface area contributed by atoms with E-state index < -0.39 is 0 Å². The Morgan fingerprint density at radius 2 is 1.92 bits per heavy atom. The molecular formula is C20H15ClN2O2S. The maximum Gasteiger partial charge on any atom is 0.167 e. The molecule has 0 unspecified atom stereocenters. The smallest absolute Gasteiger partial charge is 0.167 e. The maximum atomic E-state index is 9.61. The Morgan fingerprint density at radius 3 is 2.58 bits per heavy atom. The van der Waals surface area contributed by atoms with Gasteiger partial charge in [0.2, 0.25) is 0 Å². The van der Waals surface area contributed by atoms with E-state index >= 15 is 0 Å². The van der Waals surface area contributed by atoms with Crippen LogP contribution in [0.4, 0.5) is 0 Å². The molecule has 0 bridgehead atoms. The van der Waals surface area contributed by atoms with Crippen LogP contribution in [0.25, 0.3) is 22.9 Å². The second-order valence-corrected chi connectivity index (χ2v) is 6.59. The molecular weight excluding hydrogens is 368 g/mol. The molecule has 0 atom stereocenters. The van der Waals surface area contributed by atoms with Crippen LogP contribution >= 0.6 is 22.9 Å². The third-order valence-corrected chi connectivity index (χ3v) is 4.86. The van der Waals surface area contributed by atoms with Gasteiger partial charge in [-0.1, -0.05) is 35.9 Å². The zero-order valence-electron chi connectivity index (χ0n) is 14.2. The molecule has 0 radical (unpaired) electrons. The van der Waals surface area contributed by atoms with E-state index in [1.165, 1.54) is 11.3 Å². The van der Waals surface area contributed by atoms with Gasteiger partial charge in [-0.25, -0.2) is 4.98 Å². The molecule has 0 saturated heterocycles. The number of hydrogen-bond acceptors (Lipinski definition) is 5. The van der Waals surface area contributed by atoms with E-state index in [1.807, 2.05) is 47.8 Å². The summed E-state index contributed by atoms with van der Waals surface area (Å²) in [5.74, 6) is 1.19. The molecule has 0 saturated carbocycles. The van der Waals surface area contributed by atoms with Gasteiger partial charge in [0.1, 0.15) is 11.1 Å². The lowest BCUT2D eigenvalue weighted by Gasteiger charge is -2.10. The predicted octanol–water partition coefficient (Wildman–Crippen LogP) is 5.54. The average molecular weight is 383 g/mol. The van der Waals surface area contributed by atoms with Gasteiger partial charge in [-0.15, -0.1) is 11.3 Å². The Hall–Kier alpha value is -2.81. The molecule has 1 aromatic heterocycles. The molecule has 4 nitrogen and oxygen atoms in total. The first-order valence-electron chi connectivity index (χ1n) is 7.71. The highest BCUT2D eigenvalue weighted by Crippen LogP contribution is 2.34. The summed E-state index contributed by atoms with van der Waals surface area (Å²) in [7, 11) is 3.15. The molecule has 0 amide bonds. The molecule has 26 heavy (non-hydrogen) atoms. The molecule has 0 aliphatic heterocycles. The highest BCUT2D eigenvalue weighted by Gasteiger charge is 2.12. The van der Waals surface area contributed by atoms with Crippen LogP contribution in [-0.4, -0.2) is 19.2 Å². The van der Waals surface area contributed by atoms with Crippen LogP contribution in [0.15, 0.2) is 47.8 Å². The van der Waals surface area contributed by atoms with Crippen molar-refractivity contribution in [1.82, 2.24) is 4.98 Å². The fourth-order valence-electron chi connectivity index (χ4n) is 2.47. The van der Waals surface area contributed by atoms with E-state index in [2.05, 4.69) is 11.1 Å². The minimum atomic E-state index is 0.460. The molecule has 0 fully saturated rings. The number of nitrogens with zero attached hydrogens (tertiary/aromatic N) is 2. The van der Waals surface area contributed by atoms with Crippen LogP contribution in [0.3, 0.4) is 0 Å². The number of halogens is 1. The number of para-hydroxylation sites is 1. The number of thiazole rings is 1. The van der Waals surface area contributed by atoms with Gasteiger partial charge in [-0.2, -0.15) is 5.26 Å². The number of aromatic nitrogens is 1. The van der Waals surface area contributed by atoms with Gasteiger partial charge in [0.05, 0.1) is 25.5 Å². The zero-order chi connectivity index (χ0) is 18.5. The van der Waals surface area contributed by atoms with E-state index in [0.29, 0.717) is 27.1 Å². The van der Waals surface area contributed by atoms with Crippen molar-refractivity contribution in [3.63, 3.8) is 0 Å². The van der Waals surface area contributed by atoms with E-state index in [9.17, 15) is 5.26 Å². The van der Waals surface area contributed by atoms with Crippen LogP contribution in [0, 0.1) is 11.3 Å². The predicted molar refractivity (Wildman–Crippen MR) is 106 cm³/mol. The fourth-order valence-corrected chi connectivity index (χ4v) is 3.39.